The molecule has 1 aliphatic carbocycles. The van der Waals surface area contributed by atoms with Gasteiger partial charge in [-0.3, -0.25) is 13.9 Å². The molecular weight excluding hydrogens is 570 g/mol. The van der Waals surface area contributed by atoms with Gasteiger partial charge in [0.15, 0.2) is 0 Å². The van der Waals surface area contributed by atoms with Gasteiger partial charge < -0.3 is 15.0 Å². The number of nitrogens with zero attached hydrogens (tertiary/aromatic N) is 2. The van der Waals surface area contributed by atoms with Crippen LogP contribution in [0.2, 0.25) is 0 Å². The Morgan fingerprint density at radius 3 is 2.26 bits per heavy atom. The summed E-state index contributed by atoms with van der Waals surface area (Å²) in [5, 5.41) is 3.14. The number of methoxy groups -OCH3 is 1. The van der Waals surface area contributed by atoms with Crippen molar-refractivity contribution in [1.82, 2.24) is 10.2 Å². The van der Waals surface area contributed by atoms with Crippen molar-refractivity contribution in [2.24, 2.45) is 0 Å². The first kappa shape index (κ1) is 30.0. The highest BCUT2D eigenvalue weighted by Crippen LogP contribution is 2.23. The summed E-state index contributed by atoms with van der Waals surface area (Å²) in [7, 11) is -2.01. The van der Waals surface area contributed by atoms with E-state index in [0.717, 1.165) is 42.0 Å². The lowest BCUT2D eigenvalue weighted by molar-refractivity contribution is -0.141. The highest BCUT2D eigenvalue weighted by Gasteiger charge is 2.28. The number of rotatable bonds is 12. The van der Waals surface area contributed by atoms with Crippen molar-refractivity contribution < 1.29 is 22.7 Å². The second-order valence-electron chi connectivity index (χ2n) is 9.80. The van der Waals surface area contributed by atoms with E-state index in [9.17, 15) is 18.0 Å². The van der Waals surface area contributed by atoms with E-state index in [-0.39, 0.29) is 30.8 Å². The van der Waals surface area contributed by atoms with Gasteiger partial charge in [0, 0.05) is 30.0 Å². The fraction of sp³-hybridized carbons (Fsp3) is 0.500. The van der Waals surface area contributed by atoms with Crippen LogP contribution < -0.4 is 14.4 Å². The maximum atomic E-state index is 13.5. The topological polar surface area (TPSA) is 96.0 Å². The smallest absolute Gasteiger partial charge is 0.242 e. The lowest BCUT2D eigenvalue weighted by atomic mass is 9.95. The summed E-state index contributed by atoms with van der Waals surface area (Å²) in [5.41, 5.74) is 1.42. The van der Waals surface area contributed by atoms with Crippen LogP contribution in [0.25, 0.3) is 0 Å². The first-order chi connectivity index (χ1) is 18.1. The third-order valence-electron chi connectivity index (χ3n) is 6.90. The summed E-state index contributed by atoms with van der Waals surface area (Å²) in [6, 6.07) is 13.9. The van der Waals surface area contributed by atoms with Crippen molar-refractivity contribution in [3.05, 3.63) is 58.6 Å². The molecule has 2 amide bonds. The second-order valence-corrected chi connectivity index (χ2v) is 12.6. The van der Waals surface area contributed by atoms with Crippen molar-refractivity contribution in [3.63, 3.8) is 0 Å². The summed E-state index contributed by atoms with van der Waals surface area (Å²) in [6.07, 6.45) is 6.90. The molecule has 8 nitrogen and oxygen atoms in total. The minimum absolute atomic E-state index is 0.111. The number of carbonyl (C=O) groups excluding carboxylic acids is 2. The van der Waals surface area contributed by atoms with Crippen LogP contribution in [0.1, 0.15) is 57.4 Å². The summed E-state index contributed by atoms with van der Waals surface area (Å²) >= 11 is 3.43. The van der Waals surface area contributed by atoms with Gasteiger partial charge in [0.1, 0.15) is 11.8 Å². The number of halogens is 1. The zero-order chi connectivity index (χ0) is 27.7. The summed E-state index contributed by atoms with van der Waals surface area (Å²) in [5.74, 6) is 0.280. The molecule has 1 atom stereocenters. The number of amides is 2. The average molecular weight is 609 g/mol. The summed E-state index contributed by atoms with van der Waals surface area (Å²) < 4.78 is 32.4. The first-order valence-electron chi connectivity index (χ1n) is 13.0. The molecule has 2 aromatic carbocycles. The van der Waals surface area contributed by atoms with Gasteiger partial charge in [0.25, 0.3) is 0 Å². The molecule has 38 heavy (non-hydrogen) atoms. The Bertz CT molecular complexity index is 1170. The van der Waals surface area contributed by atoms with Crippen molar-refractivity contribution in [1.29, 1.82) is 0 Å². The normalized spacial score (nSPS) is 14.9. The van der Waals surface area contributed by atoms with Gasteiger partial charge >= 0.3 is 0 Å². The van der Waals surface area contributed by atoms with E-state index in [1.165, 1.54) is 10.7 Å². The molecule has 0 bridgehead atoms. The second kappa shape index (κ2) is 14.0. The fourth-order valence-corrected chi connectivity index (χ4v) is 5.92. The number of ether oxygens (including phenoxy) is 1. The standard InChI is InChI=1S/C28H38BrN3O5S/c1-21(28(34)30-24-8-5-4-6-9-24)31(20-22-11-13-23(29)14-12-22)27(33)10-7-19-32(38(3,35)36)25-15-17-26(37-2)18-16-25/h11-18,21,24H,4-10,19-20H2,1-3H3,(H,30,34)/t21-/m0/s1. The first-order valence-corrected chi connectivity index (χ1v) is 15.7. The maximum Gasteiger partial charge on any atom is 0.242 e. The Balaban J connectivity index is 1.70. The maximum absolute atomic E-state index is 13.5. The Morgan fingerprint density at radius 1 is 1.05 bits per heavy atom. The van der Waals surface area contributed by atoms with Crippen LogP contribution in [0.3, 0.4) is 0 Å². The van der Waals surface area contributed by atoms with E-state index in [0.29, 0.717) is 24.4 Å². The minimum atomic E-state index is -3.56. The Hall–Kier alpha value is -2.59. The van der Waals surface area contributed by atoms with Crippen molar-refractivity contribution >= 4 is 43.5 Å². The third kappa shape index (κ3) is 8.73. The fourth-order valence-electron chi connectivity index (χ4n) is 4.69. The molecule has 2 aromatic rings. The lowest BCUT2D eigenvalue weighted by Gasteiger charge is -2.31. The van der Waals surface area contributed by atoms with Crippen LogP contribution in [0.15, 0.2) is 53.0 Å². The SMILES string of the molecule is COc1ccc(N(CCCC(=O)N(Cc2ccc(Br)cc2)[C@@H](C)C(=O)NC2CCCCC2)S(C)(=O)=O)cc1. The molecule has 1 aliphatic rings. The minimum Gasteiger partial charge on any atom is -0.497 e. The van der Waals surface area contributed by atoms with Crippen LogP contribution in [0, 0.1) is 0 Å². The average Bonchev–Trinajstić information content (AvgIpc) is 2.90. The van der Waals surface area contributed by atoms with Gasteiger partial charge in [-0.2, -0.15) is 0 Å². The highest BCUT2D eigenvalue weighted by atomic mass is 79.9. The molecule has 0 radical (unpaired) electrons. The van der Waals surface area contributed by atoms with E-state index in [1.54, 1.807) is 43.2 Å². The predicted octanol–water partition coefficient (Wildman–Crippen LogP) is 4.87. The summed E-state index contributed by atoms with van der Waals surface area (Å²) in [6.45, 7) is 2.19. The van der Waals surface area contributed by atoms with Crippen LogP contribution in [-0.4, -0.2) is 57.1 Å². The van der Waals surface area contributed by atoms with Gasteiger partial charge in [-0.15, -0.1) is 0 Å². The highest BCUT2D eigenvalue weighted by molar-refractivity contribution is 9.10. The van der Waals surface area contributed by atoms with Crippen LogP contribution in [-0.2, 0) is 26.2 Å². The molecule has 0 heterocycles. The Morgan fingerprint density at radius 2 is 1.68 bits per heavy atom. The van der Waals surface area contributed by atoms with Crippen LogP contribution >= 0.6 is 15.9 Å². The van der Waals surface area contributed by atoms with E-state index >= 15 is 0 Å². The molecule has 0 aromatic heterocycles. The monoisotopic (exact) mass is 607 g/mol. The molecule has 10 heteroatoms. The zero-order valence-corrected chi connectivity index (χ0v) is 24.8. The van der Waals surface area contributed by atoms with Gasteiger partial charge in [-0.1, -0.05) is 47.3 Å². The number of anilines is 1. The van der Waals surface area contributed by atoms with E-state index in [2.05, 4.69) is 21.2 Å². The lowest BCUT2D eigenvalue weighted by Crippen LogP contribution is -2.50. The number of carbonyl (C=O) groups is 2. The quantitative estimate of drug-likeness (QED) is 0.371. The van der Waals surface area contributed by atoms with Crippen molar-refractivity contribution in [2.45, 2.75) is 70.5 Å². The zero-order valence-electron chi connectivity index (χ0n) is 22.4. The number of nitrogens with one attached hydrogen (secondary N) is 1. The van der Waals surface area contributed by atoms with Crippen LogP contribution in [0.4, 0.5) is 5.69 Å². The molecular formula is C28H38BrN3O5S. The van der Waals surface area contributed by atoms with Gasteiger partial charge in [-0.05, 0) is 68.1 Å². The van der Waals surface area contributed by atoms with E-state index in [4.69, 9.17) is 4.74 Å². The Labute approximate surface area is 234 Å². The van der Waals surface area contributed by atoms with E-state index in [1.807, 2.05) is 24.3 Å². The molecule has 0 unspecified atom stereocenters. The molecule has 208 valence electrons. The molecule has 1 fully saturated rings. The number of hydrogen-bond acceptors (Lipinski definition) is 5. The molecule has 0 spiro atoms. The van der Waals surface area contributed by atoms with Gasteiger partial charge in [0.2, 0.25) is 21.8 Å². The number of benzene rings is 2. The Kier molecular flexibility index (Phi) is 11.0. The van der Waals surface area contributed by atoms with Gasteiger partial charge in [-0.25, -0.2) is 8.42 Å². The number of hydrogen-bond donors (Lipinski definition) is 1. The predicted molar refractivity (Wildman–Crippen MR) is 154 cm³/mol. The molecule has 0 saturated heterocycles. The van der Waals surface area contributed by atoms with Crippen molar-refractivity contribution in [2.75, 3.05) is 24.2 Å². The molecule has 1 N–H and O–H groups in total. The van der Waals surface area contributed by atoms with E-state index < -0.39 is 16.1 Å². The van der Waals surface area contributed by atoms with Gasteiger partial charge in [0.05, 0.1) is 19.1 Å². The molecule has 3 rings (SSSR count). The third-order valence-corrected chi connectivity index (χ3v) is 8.62. The largest absolute Gasteiger partial charge is 0.497 e. The number of sulfonamides is 1. The molecule has 0 aliphatic heterocycles. The van der Waals surface area contributed by atoms with Crippen molar-refractivity contribution in [3.8, 4) is 5.75 Å². The molecule has 1 saturated carbocycles. The summed E-state index contributed by atoms with van der Waals surface area (Å²) in [4.78, 5) is 28.2. The van der Waals surface area contributed by atoms with Crippen LogP contribution in [0.5, 0.6) is 5.75 Å².